The lowest BCUT2D eigenvalue weighted by atomic mass is 10.0. The minimum atomic E-state index is -1.19. The molecule has 0 unspecified atom stereocenters. The number of carboxylic acid groups (broad SMARTS) is 1. The zero-order valence-electron chi connectivity index (χ0n) is 14.3. The number of hydrogen-bond acceptors (Lipinski definition) is 4. The third-order valence-electron chi connectivity index (χ3n) is 4.49. The molecule has 1 aromatic heterocycles. The van der Waals surface area contributed by atoms with E-state index in [1.807, 2.05) is 42.5 Å². The van der Waals surface area contributed by atoms with E-state index in [4.69, 9.17) is 12.2 Å². The Morgan fingerprint density at radius 2 is 1.89 bits per heavy atom. The molecule has 3 aromatic carbocycles. The molecule has 134 valence electrons. The molecule has 3 N–H and O–H groups in total. The van der Waals surface area contributed by atoms with Crippen molar-refractivity contribution in [2.75, 3.05) is 0 Å². The second kappa shape index (κ2) is 6.37. The van der Waals surface area contributed by atoms with Crippen LogP contribution in [0.2, 0.25) is 0 Å². The Morgan fingerprint density at radius 3 is 2.67 bits per heavy atom. The number of aryl methyl sites for hydroxylation is 1. The molecule has 27 heavy (non-hydrogen) atoms. The number of aromatic amines is 1. The Bertz CT molecular complexity index is 1250. The standard InChI is InChI=1S/C20H15N3O3S/c1-11-9-15(19(25)26)17(24)10-14(11)18-21-22-20(27)23(18)16-8-4-6-12-5-2-3-7-13(12)16/h2-10,24H,1H3,(H,22,27)(H,25,26). The van der Waals surface area contributed by atoms with Crippen molar-refractivity contribution in [3.63, 3.8) is 0 Å². The first-order valence-electron chi connectivity index (χ1n) is 8.20. The van der Waals surface area contributed by atoms with Crippen LogP contribution in [0.3, 0.4) is 0 Å². The van der Waals surface area contributed by atoms with Gasteiger partial charge in [-0.3, -0.25) is 9.67 Å². The first-order valence-corrected chi connectivity index (χ1v) is 8.61. The summed E-state index contributed by atoms with van der Waals surface area (Å²) in [6, 6.07) is 16.7. The van der Waals surface area contributed by atoms with E-state index in [-0.39, 0.29) is 11.3 Å². The molecule has 7 heteroatoms. The number of nitrogens with one attached hydrogen (secondary N) is 1. The molecule has 0 saturated carbocycles. The van der Waals surface area contributed by atoms with Crippen LogP contribution in [0.5, 0.6) is 5.75 Å². The van der Waals surface area contributed by atoms with E-state index in [9.17, 15) is 15.0 Å². The molecule has 0 spiro atoms. The van der Waals surface area contributed by atoms with Crippen LogP contribution in [0.1, 0.15) is 15.9 Å². The lowest BCUT2D eigenvalue weighted by molar-refractivity contribution is 0.0693. The molecule has 0 aliphatic rings. The molecule has 1 heterocycles. The Morgan fingerprint density at radius 1 is 1.15 bits per heavy atom. The number of carboxylic acids is 1. The fourth-order valence-corrected chi connectivity index (χ4v) is 3.44. The Balaban J connectivity index is 2.00. The number of hydrogen-bond donors (Lipinski definition) is 3. The molecule has 0 atom stereocenters. The summed E-state index contributed by atoms with van der Waals surface area (Å²) in [7, 11) is 0. The fourth-order valence-electron chi connectivity index (χ4n) is 3.21. The van der Waals surface area contributed by atoms with Gasteiger partial charge in [0.25, 0.3) is 0 Å². The molecule has 0 aliphatic carbocycles. The smallest absolute Gasteiger partial charge is 0.339 e. The van der Waals surface area contributed by atoms with E-state index in [1.165, 1.54) is 12.1 Å². The van der Waals surface area contributed by atoms with Crippen LogP contribution in [0.4, 0.5) is 0 Å². The van der Waals surface area contributed by atoms with Crippen molar-refractivity contribution < 1.29 is 15.0 Å². The van der Waals surface area contributed by atoms with Gasteiger partial charge in [0.2, 0.25) is 0 Å². The van der Waals surface area contributed by atoms with Crippen LogP contribution in [-0.4, -0.2) is 30.9 Å². The second-order valence-electron chi connectivity index (χ2n) is 6.18. The average Bonchev–Trinajstić information content (AvgIpc) is 3.03. The normalized spacial score (nSPS) is 11.0. The van der Waals surface area contributed by atoms with E-state index in [0.29, 0.717) is 21.7 Å². The van der Waals surface area contributed by atoms with Crippen LogP contribution in [0.25, 0.3) is 27.8 Å². The van der Waals surface area contributed by atoms with Crippen LogP contribution in [0.15, 0.2) is 54.6 Å². The molecule has 0 bridgehead atoms. The largest absolute Gasteiger partial charge is 0.507 e. The summed E-state index contributed by atoms with van der Waals surface area (Å²) in [5.74, 6) is -1.00. The molecule has 0 radical (unpaired) electrons. The van der Waals surface area contributed by atoms with Crippen molar-refractivity contribution in [2.45, 2.75) is 6.92 Å². The summed E-state index contributed by atoms with van der Waals surface area (Å²) in [5, 5.41) is 28.5. The van der Waals surface area contributed by atoms with E-state index in [1.54, 1.807) is 11.5 Å². The molecule has 0 aliphatic heterocycles. The molecule has 0 amide bonds. The van der Waals surface area contributed by atoms with Gasteiger partial charge in [0.1, 0.15) is 11.3 Å². The highest BCUT2D eigenvalue weighted by molar-refractivity contribution is 7.71. The molecule has 4 aromatic rings. The Hall–Kier alpha value is -3.45. The van der Waals surface area contributed by atoms with Gasteiger partial charge in [0.15, 0.2) is 10.6 Å². The molecular weight excluding hydrogens is 362 g/mol. The third-order valence-corrected chi connectivity index (χ3v) is 4.77. The summed E-state index contributed by atoms with van der Waals surface area (Å²) in [4.78, 5) is 11.3. The lowest BCUT2D eigenvalue weighted by Crippen LogP contribution is -2.02. The van der Waals surface area contributed by atoms with Gasteiger partial charge in [-0.15, -0.1) is 0 Å². The fraction of sp³-hybridized carbons (Fsp3) is 0.0500. The number of nitrogens with zero attached hydrogens (tertiary/aromatic N) is 2. The molecular formula is C20H15N3O3S. The summed E-state index contributed by atoms with van der Waals surface area (Å²) < 4.78 is 2.20. The molecule has 0 saturated heterocycles. The van der Waals surface area contributed by atoms with Crippen molar-refractivity contribution >= 4 is 29.0 Å². The van der Waals surface area contributed by atoms with Crippen molar-refractivity contribution in [3.05, 3.63) is 70.5 Å². The quantitative estimate of drug-likeness (QED) is 0.459. The highest BCUT2D eigenvalue weighted by Crippen LogP contribution is 2.32. The van der Waals surface area contributed by atoms with Gasteiger partial charge < -0.3 is 10.2 Å². The lowest BCUT2D eigenvalue weighted by Gasteiger charge is -2.13. The molecule has 0 fully saturated rings. The third kappa shape index (κ3) is 2.78. The van der Waals surface area contributed by atoms with Gasteiger partial charge in [0.05, 0.1) is 5.69 Å². The van der Waals surface area contributed by atoms with Crippen LogP contribution in [0, 0.1) is 11.7 Å². The maximum atomic E-state index is 11.3. The highest BCUT2D eigenvalue weighted by Gasteiger charge is 2.19. The number of aromatic carboxylic acids is 1. The average molecular weight is 377 g/mol. The van der Waals surface area contributed by atoms with Gasteiger partial charge in [-0.1, -0.05) is 36.4 Å². The highest BCUT2D eigenvalue weighted by atomic mass is 32.1. The van der Waals surface area contributed by atoms with E-state index in [2.05, 4.69) is 10.2 Å². The van der Waals surface area contributed by atoms with Crippen molar-refractivity contribution in [3.8, 4) is 22.8 Å². The number of phenols is 1. The van der Waals surface area contributed by atoms with Crippen molar-refractivity contribution in [1.82, 2.24) is 14.8 Å². The summed E-state index contributed by atoms with van der Waals surface area (Å²) in [6.45, 7) is 1.77. The molecule has 6 nitrogen and oxygen atoms in total. The summed E-state index contributed by atoms with van der Waals surface area (Å²) in [5.41, 5.74) is 1.96. The van der Waals surface area contributed by atoms with Crippen molar-refractivity contribution in [1.29, 1.82) is 0 Å². The maximum Gasteiger partial charge on any atom is 0.339 e. The Kier molecular flexibility index (Phi) is 4.01. The van der Waals surface area contributed by atoms with Crippen LogP contribution in [-0.2, 0) is 0 Å². The zero-order chi connectivity index (χ0) is 19.1. The number of H-pyrrole nitrogens is 1. The van der Waals surface area contributed by atoms with Crippen molar-refractivity contribution in [2.24, 2.45) is 0 Å². The summed E-state index contributed by atoms with van der Waals surface area (Å²) in [6.07, 6.45) is 0. The second-order valence-corrected chi connectivity index (χ2v) is 6.56. The van der Waals surface area contributed by atoms with Crippen LogP contribution < -0.4 is 0 Å². The minimum absolute atomic E-state index is 0.151. The number of benzene rings is 3. The molecule has 4 rings (SSSR count). The first-order chi connectivity index (χ1) is 13.0. The van der Waals surface area contributed by atoms with Crippen LogP contribution >= 0.6 is 12.2 Å². The number of aromatic hydroxyl groups is 1. The monoisotopic (exact) mass is 377 g/mol. The van der Waals surface area contributed by atoms with Gasteiger partial charge in [-0.2, -0.15) is 5.10 Å². The SMILES string of the molecule is Cc1cc(C(=O)O)c(O)cc1-c1n[nH]c(=S)n1-c1cccc2ccccc12. The van der Waals surface area contributed by atoms with Gasteiger partial charge >= 0.3 is 5.97 Å². The first kappa shape index (κ1) is 17.0. The van der Waals surface area contributed by atoms with Gasteiger partial charge in [-0.25, -0.2) is 4.79 Å². The van der Waals surface area contributed by atoms with E-state index in [0.717, 1.165) is 16.5 Å². The predicted octanol–water partition coefficient (Wildman–Crippen LogP) is 4.46. The Labute approximate surface area is 159 Å². The number of fused-ring (bicyclic) bond motifs is 1. The number of carbonyl (C=O) groups is 1. The maximum absolute atomic E-state index is 11.3. The zero-order valence-corrected chi connectivity index (χ0v) is 15.1. The predicted molar refractivity (Wildman–Crippen MR) is 105 cm³/mol. The number of rotatable bonds is 3. The summed E-state index contributed by atoms with van der Waals surface area (Å²) >= 11 is 5.45. The van der Waals surface area contributed by atoms with E-state index >= 15 is 0 Å². The number of aromatic nitrogens is 3. The van der Waals surface area contributed by atoms with Gasteiger partial charge in [0, 0.05) is 10.9 Å². The van der Waals surface area contributed by atoms with E-state index < -0.39 is 5.97 Å². The topological polar surface area (TPSA) is 91.1 Å². The van der Waals surface area contributed by atoms with Gasteiger partial charge in [-0.05, 0) is 48.3 Å². The minimum Gasteiger partial charge on any atom is -0.507 e.